The van der Waals surface area contributed by atoms with Gasteiger partial charge in [-0.3, -0.25) is 4.79 Å². The second kappa shape index (κ2) is 11.8. The quantitative estimate of drug-likeness (QED) is 0.364. The van der Waals surface area contributed by atoms with Crippen LogP contribution in [-0.4, -0.2) is 79.8 Å². The first-order chi connectivity index (χ1) is 17.3. The molecule has 0 saturated carbocycles. The lowest BCUT2D eigenvalue weighted by Crippen LogP contribution is -2.52. The molecular weight excluding hydrogens is 497 g/mol. The van der Waals surface area contributed by atoms with Gasteiger partial charge in [0.25, 0.3) is 5.91 Å². The number of benzene rings is 2. The number of piperidine rings is 1. The molecule has 1 aliphatic rings. The maximum absolute atomic E-state index is 13.1. The van der Waals surface area contributed by atoms with Gasteiger partial charge in [-0.15, -0.1) is 0 Å². The Kier molecular flexibility index (Phi) is 9.01. The van der Waals surface area contributed by atoms with Crippen molar-refractivity contribution in [3.8, 4) is 22.8 Å². The first-order valence-electron chi connectivity index (χ1n) is 11.8. The molecule has 0 radical (unpaired) electrons. The van der Waals surface area contributed by atoms with Crippen molar-refractivity contribution in [1.29, 1.82) is 0 Å². The molecule has 4 rings (SSSR count). The molecule has 37 heavy (non-hydrogen) atoms. The number of aromatic nitrogens is 1. The first kappa shape index (κ1) is 28.2. The molecule has 0 bridgehead atoms. The van der Waals surface area contributed by atoms with Crippen LogP contribution < -0.4 is 4.74 Å². The van der Waals surface area contributed by atoms with E-state index in [2.05, 4.69) is 19.1 Å². The summed E-state index contributed by atoms with van der Waals surface area (Å²) in [4.78, 5) is 19.6. The second-order valence-electron chi connectivity index (χ2n) is 9.72. The van der Waals surface area contributed by atoms with Gasteiger partial charge in [-0.2, -0.15) is 0 Å². The molecule has 198 valence electrons. The van der Waals surface area contributed by atoms with Gasteiger partial charge < -0.3 is 18.7 Å². The third kappa shape index (κ3) is 8.92. The highest BCUT2D eigenvalue weighted by molar-refractivity contribution is 7.84. The van der Waals surface area contributed by atoms with E-state index < -0.39 is 10.1 Å². The van der Waals surface area contributed by atoms with E-state index in [1.54, 1.807) is 18.2 Å². The molecule has 8 nitrogen and oxygen atoms in total. The van der Waals surface area contributed by atoms with E-state index in [0.29, 0.717) is 23.4 Å². The number of carbonyl (C=O) groups excluding carboxylic acids is 1. The molecule has 1 amide bonds. The van der Waals surface area contributed by atoms with Crippen molar-refractivity contribution >= 4 is 16.0 Å². The highest BCUT2D eigenvalue weighted by Crippen LogP contribution is 2.26. The van der Waals surface area contributed by atoms with Crippen molar-refractivity contribution in [2.75, 3.05) is 40.5 Å². The molecule has 1 saturated heterocycles. The fourth-order valence-electron chi connectivity index (χ4n) is 4.03. The van der Waals surface area contributed by atoms with Crippen molar-refractivity contribution < 1.29 is 31.4 Å². The molecule has 0 unspecified atom stereocenters. The fraction of sp³-hybridized carbons (Fsp3) is 0.333. The molecule has 1 aromatic heterocycles. The Morgan fingerprint density at radius 3 is 2.05 bits per heavy atom. The van der Waals surface area contributed by atoms with E-state index in [-0.39, 0.29) is 17.8 Å². The molecule has 0 spiro atoms. The van der Waals surface area contributed by atoms with Gasteiger partial charge in [0.15, 0.2) is 0 Å². The Morgan fingerprint density at radius 1 is 1.00 bits per heavy atom. The minimum absolute atomic E-state index is 0.0414. The number of likely N-dealkylation sites (tertiary alicyclic amines) is 1. The Labute approximate surface area is 217 Å². The number of quaternary nitrogens is 1. The lowest BCUT2D eigenvalue weighted by Gasteiger charge is -2.40. The molecular formula is C27H32FN3O5S. The van der Waals surface area contributed by atoms with Crippen LogP contribution in [0, 0.1) is 5.82 Å². The fourth-order valence-corrected chi connectivity index (χ4v) is 4.03. The minimum Gasteiger partial charge on any atom is -0.748 e. The number of rotatable bonds is 5. The van der Waals surface area contributed by atoms with Crippen LogP contribution in [0.15, 0.2) is 66.7 Å². The summed E-state index contributed by atoms with van der Waals surface area (Å²) in [5, 5.41) is 0. The molecule has 1 fully saturated rings. The van der Waals surface area contributed by atoms with Gasteiger partial charge in [0.1, 0.15) is 23.0 Å². The Hall–Kier alpha value is -3.34. The summed E-state index contributed by atoms with van der Waals surface area (Å²) in [6.07, 6.45) is 2.61. The monoisotopic (exact) mass is 529 g/mol. The summed E-state index contributed by atoms with van der Waals surface area (Å²) in [6.45, 7) is 2.14. The lowest BCUT2D eigenvalue weighted by atomic mass is 10.0. The van der Waals surface area contributed by atoms with Gasteiger partial charge in [0, 0.05) is 37.8 Å². The van der Waals surface area contributed by atoms with Gasteiger partial charge >= 0.3 is 0 Å². The zero-order valence-corrected chi connectivity index (χ0v) is 22.2. The Bertz CT molecular complexity index is 1290. The molecule has 1 aliphatic heterocycles. The number of carbonyl (C=O) groups is 1. The Morgan fingerprint density at radius 2 is 1.51 bits per heavy atom. The van der Waals surface area contributed by atoms with Gasteiger partial charge in [0.05, 0.1) is 43.0 Å². The van der Waals surface area contributed by atoms with E-state index in [1.165, 1.54) is 12.1 Å². The largest absolute Gasteiger partial charge is 0.748 e. The van der Waals surface area contributed by atoms with Crippen LogP contribution in [0.2, 0.25) is 0 Å². The number of hydrogen-bond acceptors (Lipinski definition) is 6. The van der Waals surface area contributed by atoms with Gasteiger partial charge in [0.2, 0.25) is 0 Å². The highest BCUT2D eigenvalue weighted by atomic mass is 32.2. The Balaban J connectivity index is 0.000000695. The molecule has 2 aromatic carbocycles. The highest BCUT2D eigenvalue weighted by Gasteiger charge is 2.31. The van der Waals surface area contributed by atoms with E-state index in [0.717, 1.165) is 41.7 Å². The van der Waals surface area contributed by atoms with Crippen LogP contribution in [0.5, 0.6) is 11.5 Å². The number of nitrogens with zero attached hydrogens (tertiary/aromatic N) is 3. The van der Waals surface area contributed by atoms with E-state index in [9.17, 15) is 9.18 Å². The predicted octanol–water partition coefficient (Wildman–Crippen LogP) is 4.15. The third-order valence-electron chi connectivity index (χ3n) is 6.17. The van der Waals surface area contributed by atoms with E-state index in [1.807, 2.05) is 48.3 Å². The maximum Gasteiger partial charge on any atom is 0.272 e. The van der Waals surface area contributed by atoms with E-state index >= 15 is 0 Å². The topological polar surface area (TPSA) is 99.6 Å². The van der Waals surface area contributed by atoms with Crippen molar-refractivity contribution in [1.82, 2.24) is 9.88 Å². The number of hydrogen-bond donors (Lipinski definition) is 0. The van der Waals surface area contributed by atoms with Crippen molar-refractivity contribution in [3.63, 3.8) is 0 Å². The van der Waals surface area contributed by atoms with Crippen LogP contribution >= 0.6 is 0 Å². The molecule has 0 N–H and O–H groups in total. The summed E-state index contributed by atoms with van der Waals surface area (Å²) >= 11 is 0. The average molecular weight is 530 g/mol. The van der Waals surface area contributed by atoms with Crippen molar-refractivity contribution in [2.24, 2.45) is 0 Å². The van der Waals surface area contributed by atoms with Crippen LogP contribution in [0.1, 0.15) is 23.3 Å². The van der Waals surface area contributed by atoms with Crippen LogP contribution in [0.25, 0.3) is 11.3 Å². The zero-order chi connectivity index (χ0) is 27.2. The molecule has 0 aliphatic carbocycles. The predicted molar refractivity (Wildman–Crippen MR) is 139 cm³/mol. The number of halogens is 1. The lowest BCUT2D eigenvalue weighted by molar-refractivity contribution is -0.895. The molecule has 10 heteroatoms. The van der Waals surface area contributed by atoms with Crippen LogP contribution in [-0.2, 0) is 10.1 Å². The molecule has 2 heterocycles. The number of amides is 1. The summed E-state index contributed by atoms with van der Waals surface area (Å²) in [5.41, 5.74) is 2.08. The standard InChI is InChI=1S/C26H29FN3O2.CH4O3S/c1-29(21-15-17-30(2,3)18-16-21)26(31)25-6-4-5-24(28-25)19-7-11-22(12-8-19)32-23-13-9-20(27)10-14-23;1-5(2,3)4/h4-14,21H,15-18H2,1-3H3;1H3,(H,2,3,4)/q+1;/p-1. The zero-order valence-electron chi connectivity index (χ0n) is 21.4. The minimum atomic E-state index is -3.92. The van der Waals surface area contributed by atoms with Gasteiger partial charge in [-0.1, -0.05) is 6.07 Å². The van der Waals surface area contributed by atoms with Crippen LogP contribution in [0.3, 0.4) is 0 Å². The summed E-state index contributed by atoms with van der Waals surface area (Å²) < 4.78 is 47.0. The normalized spacial score (nSPS) is 15.3. The van der Waals surface area contributed by atoms with Gasteiger partial charge in [-0.05, 0) is 60.7 Å². The molecule has 3 aromatic rings. The smallest absolute Gasteiger partial charge is 0.272 e. The summed E-state index contributed by atoms with van der Waals surface area (Å²) in [5.74, 6) is 0.870. The van der Waals surface area contributed by atoms with E-state index in [4.69, 9.17) is 17.7 Å². The number of ether oxygens (including phenoxy) is 1. The first-order valence-corrected chi connectivity index (χ1v) is 13.6. The number of pyridine rings is 1. The summed E-state index contributed by atoms with van der Waals surface area (Å²) in [7, 11) is 2.44. The maximum atomic E-state index is 13.1. The molecule has 0 atom stereocenters. The average Bonchev–Trinajstić information content (AvgIpc) is 2.84. The third-order valence-corrected chi connectivity index (χ3v) is 6.17. The summed E-state index contributed by atoms with van der Waals surface area (Å²) in [6, 6.07) is 19.2. The van der Waals surface area contributed by atoms with Crippen LogP contribution in [0.4, 0.5) is 4.39 Å². The van der Waals surface area contributed by atoms with Gasteiger partial charge in [-0.25, -0.2) is 17.8 Å². The second-order valence-corrected chi connectivity index (χ2v) is 11.1. The van der Waals surface area contributed by atoms with Crippen molar-refractivity contribution in [3.05, 3.63) is 78.2 Å². The SMILES string of the molecule is CN(C(=O)c1cccc(-c2ccc(Oc3ccc(F)cc3)cc2)n1)C1CC[N+](C)(C)CC1.CS(=O)(=O)[O-]. The van der Waals surface area contributed by atoms with Crippen molar-refractivity contribution in [2.45, 2.75) is 18.9 Å².